The highest BCUT2D eigenvalue weighted by Crippen LogP contribution is 2.14. The van der Waals surface area contributed by atoms with E-state index in [-0.39, 0.29) is 31.1 Å². The largest absolute Gasteiger partial charge is 0.462 e. The van der Waals surface area contributed by atoms with Gasteiger partial charge in [-0.25, -0.2) is 0 Å². The van der Waals surface area contributed by atoms with Crippen molar-refractivity contribution in [2.24, 2.45) is 0 Å². The smallest absolute Gasteiger partial charge is 0.306 e. The summed E-state index contributed by atoms with van der Waals surface area (Å²) in [4.78, 5) is 38.2. The predicted octanol–water partition coefficient (Wildman–Crippen LogP) is 19.3. The molecule has 6 nitrogen and oxygen atoms in total. The normalized spacial score (nSPS) is 12.8. The quantitative estimate of drug-likeness (QED) is 0.0262. The molecule has 1 atom stereocenters. The van der Waals surface area contributed by atoms with Crippen LogP contribution in [-0.4, -0.2) is 37.2 Å². The van der Waals surface area contributed by atoms with E-state index in [0.29, 0.717) is 19.3 Å². The third-order valence-electron chi connectivity index (χ3n) is 12.0. The number of esters is 3. The lowest BCUT2D eigenvalue weighted by Gasteiger charge is -2.18. The highest BCUT2D eigenvalue weighted by molar-refractivity contribution is 5.71. The topological polar surface area (TPSA) is 78.9 Å². The molecule has 0 amide bonds. The lowest BCUT2D eigenvalue weighted by atomic mass is 10.1. The van der Waals surface area contributed by atoms with Crippen molar-refractivity contribution < 1.29 is 28.6 Å². The highest BCUT2D eigenvalue weighted by atomic mass is 16.6. The van der Waals surface area contributed by atoms with Crippen molar-refractivity contribution in [3.05, 3.63) is 97.2 Å². The van der Waals surface area contributed by atoms with Crippen molar-refractivity contribution in [2.75, 3.05) is 13.2 Å². The molecule has 0 fully saturated rings. The Balaban J connectivity index is 4.48. The molecule has 0 spiro atoms. The maximum absolute atomic E-state index is 12.9. The number of carbonyl (C=O) groups excluding carboxylic acids is 3. The summed E-state index contributed by atoms with van der Waals surface area (Å²) in [6.07, 6.45) is 75.3. The summed E-state index contributed by atoms with van der Waals surface area (Å²) in [6, 6.07) is 0. The fourth-order valence-electron chi connectivity index (χ4n) is 7.73. The Kier molecular flexibility index (Phi) is 53.9. The molecule has 0 N–H and O–H groups in total. The van der Waals surface area contributed by atoms with Gasteiger partial charge in [-0.05, 0) is 122 Å². The van der Waals surface area contributed by atoms with E-state index in [0.717, 1.165) is 122 Å². The molecular formula is C63H106O6. The molecule has 0 unspecified atom stereocenters. The van der Waals surface area contributed by atoms with E-state index in [2.05, 4.69) is 118 Å². The SMILES string of the molecule is CC/C=C\C/C=C\C/C=C\C/C=C\CCCCCCC(=O)OC[C@H](COC(=O)CCCCCCCCC/C=C\CCCCCCCC)OC(=O)CCCCCC/C=C\C/C=C\C/C=C\CCCCC. The minimum Gasteiger partial charge on any atom is -0.462 e. The number of rotatable bonds is 51. The summed E-state index contributed by atoms with van der Waals surface area (Å²) in [5, 5.41) is 0. The molecule has 0 aromatic rings. The van der Waals surface area contributed by atoms with E-state index < -0.39 is 6.10 Å². The molecular weight excluding hydrogens is 853 g/mol. The first-order valence-electron chi connectivity index (χ1n) is 28.7. The Labute approximate surface area is 426 Å². The second kappa shape index (κ2) is 56.9. The first kappa shape index (κ1) is 65.3. The fraction of sp³-hybridized carbons (Fsp3) is 0.698. The lowest BCUT2D eigenvalue weighted by molar-refractivity contribution is -0.167. The number of carbonyl (C=O) groups is 3. The molecule has 0 saturated heterocycles. The maximum atomic E-state index is 12.9. The maximum Gasteiger partial charge on any atom is 0.306 e. The third-order valence-corrected chi connectivity index (χ3v) is 12.0. The van der Waals surface area contributed by atoms with E-state index in [9.17, 15) is 14.4 Å². The summed E-state index contributed by atoms with van der Waals surface area (Å²) >= 11 is 0. The van der Waals surface area contributed by atoms with Crippen molar-refractivity contribution in [1.82, 2.24) is 0 Å². The number of hydrogen-bond acceptors (Lipinski definition) is 6. The standard InChI is InChI=1S/C63H106O6/c1-4-7-10-13-16-19-22-25-28-31-34-37-40-43-46-49-52-55-61(64)67-58-60(69-63(66)57-54-51-48-45-42-39-36-33-30-27-24-21-18-15-12-9-6-3)59-68-62(65)56-53-50-47-44-41-38-35-32-29-26-23-20-17-14-11-8-5-2/h7,10,16,18-19,21,25-30,34,36-37,39,60H,4-6,8-9,11-15,17,20,22-24,31-33,35,38,40-59H2,1-3H3/b10-7-,19-16-,21-18-,28-25-,29-26-,30-27-,37-34-,39-36-/t60-/m1/s1. The van der Waals surface area contributed by atoms with Crippen LogP contribution in [0.5, 0.6) is 0 Å². The second-order valence-electron chi connectivity index (χ2n) is 18.8. The van der Waals surface area contributed by atoms with Crippen LogP contribution in [0, 0.1) is 0 Å². The Morgan fingerprint density at radius 2 is 0.565 bits per heavy atom. The number of ether oxygens (including phenoxy) is 3. The van der Waals surface area contributed by atoms with Crippen LogP contribution in [-0.2, 0) is 28.6 Å². The second-order valence-corrected chi connectivity index (χ2v) is 18.8. The predicted molar refractivity (Wildman–Crippen MR) is 297 cm³/mol. The van der Waals surface area contributed by atoms with Gasteiger partial charge in [-0.2, -0.15) is 0 Å². The third kappa shape index (κ3) is 55.1. The van der Waals surface area contributed by atoms with E-state index >= 15 is 0 Å². The molecule has 0 aromatic heterocycles. The van der Waals surface area contributed by atoms with Gasteiger partial charge in [-0.15, -0.1) is 0 Å². The molecule has 0 radical (unpaired) electrons. The Morgan fingerprint density at radius 3 is 0.928 bits per heavy atom. The van der Waals surface area contributed by atoms with Crippen molar-refractivity contribution >= 4 is 17.9 Å². The summed E-state index contributed by atoms with van der Waals surface area (Å²) in [5.74, 6) is -0.945. The minimum atomic E-state index is -0.803. The van der Waals surface area contributed by atoms with Crippen molar-refractivity contribution in [3.63, 3.8) is 0 Å². The molecule has 69 heavy (non-hydrogen) atoms. The van der Waals surface area contributed by atoms with E-state index in [1.807, 2.05) is 0 Å². The van der Waals surface area contributed by atoms with Gasteiger partial charge >= 0.3 is 17.9 Å². The van der Waals surface area contributed by atoms with Crippen LogP contribution in [0.1, 0.15) is 265 Å². The zero-order valence-electron chi connectivity index (χ0n) is 45.0. The van der Waals surface area contributed by atoms with Crippen molar-refractivity contribution in [2.45, 2.75) is 271 Å². The van der Waals surface area contributed by atoms with Gasteiger partial charge in [-0.1, -0.05) is 221 Å². The molecule has 0 aliphatic rings. The van der Waals surface area contributed by atoms with Gasteiger partial charge in [0.2, 0.25) is 0 Å². The van der Waals surface area contributed by atoms with Gasteiger partial charge < -0.3 is 14.2 Å². The van der Waals surface area contributed by atoms with Crippen LogP contribution in [0.3, 0.4) is 0 Å². The fourth-order valence-corrected chi connectivity index (χ4v) is 7.73. The highest BCUT2D eigenvalue weighted by Gasteiger charge is 2.19. The molecule has 6 heteroatoms. The first-order valence-corrected chi connectivity index (χ1v) is 28.7. The van der Waals surface area contributed by atoms with Gasteiger partial charge in [0.15, 0.2) is 6.10 Å². The molecule has 0 aromatic carbocycles. The van der Waals surface area contributed by atoms with Gasteiger partial charge in [0.1, 0.15) is 13.2 Å². The molecule has 0 heterocycles. The first-order chi connectivity index (χ1) is 34.0. The van der Waals surface area contributed by atoms with E-state index in [4.69, 9.17) is 14.2 Å². The lowest BCUT2D eigenvalue weighted by Crippen LogP contribution is -2.30. The monoisotopic (exact) mass is 959 g/mol. The molecule has 0 saturated carbocycles. The average molecular weight is 960 g/mol. The van der Waals surface area contributed by atoms with Gasteiger partial charge in [0.05, 0.1) is 0 Å². The number of allylic oxidation sites excluding steroid dienone is 16. The zero-order chi connectivity index (χ0) is 50.0. The molecule has 394 valence electrons. The van der Waals surface area contributed by atoms with Crippen LogP contribution in [0.4, 0.5) is 0 Å². The summed E-state index contributed by atoms with van der Waals surface area (Å²) in [7, 11) is 0. The van der Waals surface area contributed by atoms with Crippen molar-refractivity contribution in [3.8, 4) is 0 Å². The molecule has 0 bridgehead atoms. The summed E-state index contributed by atoms with van der Waals surface area (Å²) in [6.45, 7) is 6.46. The van der Waals surface area contributed by atoms with Crippen LogP contribution >= 0.6 is 0 Å². The summed E-state index contributed by atoms with van der Waals surface area (Å²) in [5.41, 5.74) is 0. The molecule has 0 rings (SSSR count). The van der Waals surface area contributed by atoms with E-state index in [1.165, 1.54) is 103 Å². The Hall–Kier alpha value is -3.67. The average Bonchev–Trinajstić information content (AvgIpc) is 3.35. The van der Waals surface area contributed by atoms with Gasteiger partial charge in [-0.3, -0.25) is 14.4 Å². The van der Waals surface area contributed by atoms with Crippen molar-refractivity contribution in [1.29, 1.82) is 0 Å². The summed E-state index contributed by atoms with van der Waals surface area (Å²) < 4.78 is 16.8. The Morgan fingerprint density at radius 1 is 0.304 bits per heavy atom. The van der Waals surface area contributed by atoms with E-state index in [1.54, 1.807) is 0 Å². The van der Waals surface area contributed by atoms with Crippen LogP contribution in [0.15, 0.2) is 97.2 Å². The van der Waals surface area contributed by atoms with Gasteiger partial charge in [0.25, 0.3) is 0 Å². The number of unbranched alkanes of at least 4 members (excludes halogenated alkanes) is 24. The van der Waals surface area contributed by atoms with Crippen LogP contribution < -0.4 is 0 Å². The zero-order valence-corrected chi connectivity index (χ0v) is 45.0. The van der Waals surface area contributed by atoms with Crippen LogP contribution in [0.25, 0.3) is 0 Å². The number of hydrogen-bond donors (Lipinski definition) is 0. The molecule has 0 aliphatic heterocycles. The van der Waals surface area contributed by atoms with Gasteiger partial charge in [0, 0.05) is 19.3 Å². The molecule has 0 aliphatic carbocycles. The van der Waals surface area contributed by atoms with Crippen LogP contribution in [0.2, 0.25) is 0 Å². The minimum absolute atomic E-state index is 0.0974. The Bertz CT molecular complexity index is 1380.